The molecule has 1 aromatic rings. The molecule has 0 saturated heterocycles. The van der Waals surface area contributed by atoms with E-state index in [1.807, 2.05) is 12.1 Å². The van der Waals surface area contributed by atoms with Gasteiger partial charge in [-0.25, -0.2) is 0 Å². The van der Waals surface area contributed by atoms with Crippen molar-refractivity contribution in [3.05, 3.63) is 39.9 Å². The maximum Gasteiger partial charge on any atom is 0.273 e. The second-order valence-corrected chi connectivity index (χ2v) is 6.63. The molecule has 0 aliphatic heterocycles. The molecule has 1 aromatic carbocycles. The molecule has 1 N–H and O–H groups in total. The van der Waals surface area contributed by atoms with Gasteiger partial charge in [0.1, 0.15) is 0 Å². The van der Waals surface area contributed by atoms with Crippen LogP contribution in [0.2, 0.25) is 0 Å². The van der Waals surface area contributed by atoms with Gasteiger partial charge in [0.25, 0.3) is 5.69 Å². The van der Waals surface area contributed by atoms with Crippen molar-refractivity contribution in [2.24, 2.45) is 11.8 Å². The Balaban J connectivity index is 1.89. The third kappa shape index (κ3) is 4.81. The highest BCUT2D eigenvalue weighted by molar-refractivity contribution is 5.39. The molecule has 4 heteroatoms. The van der Waals surface area contributed by atoms with Crippen LogP contribution < -0.4 is 5.32 Å². The molecule has 0 aromatic heterocycles. The van der Waals surface area contributed by atoms with Crippen LogP contribution in [-0.2, 0) is 6.54 Å². The third-order valence-corrected chi connectivity index (χ3v) is 4.36. The number of para-hydroxylation sites is 1. The summed E-state index contributed by atoms with van der Waals surface area (Å²) in [5.74, 6) is 1.56. The van der Waals surface area contributed by atoms with E-state index in [0.29, 0.717) is 12.6 Å². The van der Waals surface area contributed by atoms with Gasteiger partial charge in [-0.05, 0) is 31.1 Å². The highest BCUT2D eigenvalue weighted by atomic mass is 16.6. The first-order valence-electron chi connectivity index (χ1n) is 8.02. The van der Waals surface area contributed by atoms with Crippen molar-refractivity contribution in [2.75, 3.05) is 0 Å². The number of rotatable bonds is 6. The van der Waals surface area contributed by atoms with Gasteiger partial charge in [0, 0.05) is 24.2 Å². The number of nitro groups is 1. The number of nitrogens with zero attached hydrogens (tertiary/aromatic N) is 1. The topological polar surface area (TPSA) is 55.2 Å². The summed E-state index contributed by atoms with van der Waals surface area (Å²) in [6.45, 7) is 5.16. The lowest BCUT2D eigenvalue weighted by Gasteiger charge is -2.31. The Morgan fingerprint density at radius 3 is 2.81 bits per heavy atom. The molecule has 0 heterocycles. The highest BCUT2D eigenvalue weighted by Gasteiger charge is 2.23. The van der Waals surface area contributed by atoms with Crippen LogP contribution in [0.25, 0.3) is 0 Å². The van der Waals surface area contributed by atoms with Gasteiger partial charge in [0.2, 0.25) is 0 Å². The van der Waals surface area contributed by atoms with Crippen molar-refractivity contribution in [2.45, 2.75) is 58.5 Å². The van der Waals surface area contributed by atoms with E-state index < -0.39 is 0 Å². The molecule has 1 fully saturated rings. The van der Waals surface area contributed by atoms with Crippen LogP contribution in [0.5, 0.6) is 0 Å². The molecule has 1 saturated carbocycles. The Bertz CT molecular complexity index is 474. The first kappa shape index (κ1) is 16.0. The van der Waals surface area contributed by atoms with E-state index in [0.717, 1.165) is 17.4 Å². The Kier molecular flexibility index (Phi) is 5.74. The number of nitro benzene ring substituents is 1. The summed E-state index contributed by atoms with van der Waals surface area (Å²) in [7, 11) is 0. The summed E-state index contributed by atoms with van der Waals surface area (Å²) in [6, 6.07) is 7.52. The molecule has 21 heavy (non-hydrogen) atoms. The van der Waals surface area contributed by atoms with Gasteiger partial charge in [-0.2, -0.15) is 0 Å². The van der Waals surface area contributed by atoms with E-state index in [4.69, 9.17) is 0 Å². The first-order valence-corrected chi connectivity index (χ1v) is 8.02. The van der Waals surface area contributed by atoms with Gasteiger partial charge in [-0.3, -0.25) is 10.1 Å². The maximum atomic E-state index is 11.0. The second kappa shape index (κ2) is 7.55. The van der Waals surface area contributed by atoms with E-state index in [2.05, 4.69) is 19.2 Å². The van der Waals surface area contributed by atoms with E-state index >= 15 is 0 Å². The van der Waals surface area contributed by atoms with E-state index in [1.165, 1.54) is 32.1 Å². The smallest absolute Gasteiger partial charge is 0.273 e. The summed E-state index contributed by atoms with van der Waals surface area (Å²) in [5.41, 5.74) is 1.01. The summed E-state index contributed by atoms with van der Waals surface area (Å²) >= 11 is 0. The van der Waals surface area contributed by atoms with Crippen molar-refractivity contribution in [3.8, 4) is 0 Å². The van der Waals surface area contributed by atoms with Crippen LogP contribution in [0.4, 0.5) is 5.69 Å². The van der Waals surface area contributed by atoms with E-state index in [-0.39, 0.29) is 10.6 Å². The molecule has 2 atom stereocenters. The van der Waals surface area contributed by atoms with Crippen LogP contribution in [0.1, 0.15) is 51.5 Å². The summed E-state index contributed by atoms with van der Waals surface area (Å²) in [4.78, 5) is 10.7. The average Bonchev–Trinajstić information content (AvgIpc) is 2.45. The van der Waals surface area contributed by atoms with Crippen LogP contribution in [0.3, 0.4) is 0 Å². The van der Waals surface area contributed by atoms with Gasteiger partial charge in [0.15, 0.2) is 0 Å². The second-order valence-electron chi connectivity index (χ2n) is 6.63. The molecule has 4 nitrogen and oxygen atoms in total. The van der Waals surface area contributed by atoms with E-state index in [1.54, 1.807) is 12.1 Å². The van der Waals surface area contributed by atoms with Gasteiger partial charge in [-0.1, -0.05) is 44.9 Å². The zero-order valence-electron chi connectivity index (χ0n) is 13.0. The normalized spacial score (nSPS) is 22.4. The molecule has 0 bridgehead atoms. The number of benzene rings is 1. The number of hydrogen-bond donors (Lipinski definition) is 1. The lowest BCUT2D eigenvalue weighted by Crippen LogP contribution is -2.34. The highest BCUT2D eigenvalue weighted by Crippen LogP contribution is 2.29. The minimum absolute atomic E-state index is 0.222. The van der Waals surface area contributed by atoms with Crippen molar-refractivity contribution >= 4 is 5.69 Å². The summed E-state index contributed by atoms with van der Waals surface area (Å²) in [5, 5.41) is 14.6. The quantitative estimate of drug-likeness (QED) is 0.628. The molecular formula is C17H26N2O2. The molecule has 0 radical (unpaired) electrons. The fourth-order valence-electron chi connectivity index (χ4n) is 3.45. The van der Waals surface area contributed by atoms with Crippen LogP contribution in [-0.4, -0.2) is 11.0 Å². The Morgan fingerprint density at radius 1 is 1.33 bits per heavy atom. The molecule has 1 aliphatic carbocycles. The Labute approximate surface area is 127 Å². The van der Waals surface area contributed by atoms with Crippen molar-refractivity contribution < 1.29 is 4.92 Å². The lowest BCUT2D eigenvalue weighted by atomic mass is 9.81. The van der Waals surface area contributed by atoms with Crippen LogP contribution >= 0.6 is 0 Å². The molecular weight excluding hydrogens is 264 g/mol. The third-order valence-electron chi connectivity index (χ3n) is 4.36. The van der Waals surface area contributed by atoms with Crippen molar-refractivity contribution in [3.63, 3.8) is 0 Å². The standard InChI is InChI=1S/C17H26N2O2/c1-13(2)10-14-6-5-8-16(11-14)18-12-15-7-3-4-9-17(15)19(20)21/h3-4,7,9,13-14,16,18H,5-6,8,10-12H2,1-2H3. The molecule has 0 amide bonds. The van der Waals surface area contributed by atoms with Gasteiger partial charge in [-0.15, -0.1) is 0 Å². The Hall–Kier alpha value is -1.42. The zero-order valence-corrected chi connectivity index (χ0v) is 13.0. The predicted molar refractivity (Wildman–Crippen MR) is 85.1 cm³/mol. The predicted octanol–water partition coefficient (Wildman–Crippen LogP) is 4.29. The Morgan fingerprint density at radius 2 is 2.10 bits per heavy atom. The monoisotopic (exact) mass is 290 g/mol. The van der Waals surface area contributed by atoms with E-state index in [9.17, 15) is 10.1 Å². The largest absolute Gasteiger partial charge is 0.310 e. The molecule has 2 unspecified atom stereocenters. The molecule has 1 aliphatic rings. The fraction of sp³-hybridized carbons (Fsp3) is 0.647. The van der Waals surface area contributed by atoms with Gasteiger partial charge in [0.05, 0.1) is 4.92 Å². The maximum absolute atomic E-state index is 11.0. The van der Waals surface area contributed by atoms with Crippen molar-refractivity contribution in [1.82, 2.24) is 5.32 Å². The molecule has 116 valence electrons. The van der Waals surface area contributed by atoms with Gasteiger partial charge >= 0.3 is 0 Å². The van der Waals surface area contributed by atoms with Crippen molar-refractivity contribution in [1.29, 1.82) is 0 Å². The lowest BCUT2D eigenvalue weighted by molar-refractivity contribution is -0.385. The minimum Gasteiger partial charge on any atom is -0.310 e. The SMILES string of the molecule is CC(C)CC1CCCC(NCc2ccccc2[N+](=O)[O-])C1. The zero-order chi connectivity index (χ0) is 15.2. The first-order chi connectivity index (χ1) is 10.1. The number of nitrogens with one attached hydrogen (secondary N) is 1. The van der Waals surface area contributed by atoms with Crippen LogP contribution in [0, 0.1) is 22.0 Å². The fourth-order valence-corrected chi connectivity index (χ4v) is 3.45. The summed E-state index contributed by atoms with van der Waals surface area (Å²) in [6.07, 6.45) is 6.30. The molecule has 2 rings (SSSR count). The summed E-state index contributed by atoms with van der Waals surface area (Å²) < 4.78 is 0. The van der Waals surface area contributed by atoms with Gasteiger partial charge < -0.3 is 5.32 Å². The number of hydrogen-bond acceptors (Lipinski definition) is 3. The molecule has 0 spiro atoms. The average molecular weight is 290 g/mol. The minimum atomic E-state index is -0.292. The van der Waals surface area contributed by atoms with Crippen LogP contribution in [0.15, 0.2) is 24.3 Å².